The summed E-state index contributed by atoms with van der Waals surface area (Å²) < 4.78 is 2.42. The van der Waals surface area contributed by atoms with Gasteiger partial charge in [0.25, 0.3) is 0 Å². The maximum absolute atomic E-state index is 2.93. The summed E-state index contributed by atoms with van der Waals surface area (Å²) in [7, 11) is -5.51. The molecular weight excluding hydrogens is 791 g/mol. The van der Waals surface area contributed by atoms with Gasteiger partial charge in [0.05, 0.1) is 11.0 Å². The van der Waals surface area contributed by atoms with Crippen molar-refractivity contribution < 1.29 is 0 Å². The lowest BCUT2D eigenvalue weighted by atomic mass is 9.99. The number of nitrogens with zero attached hydrogens (tertiary/aromatic N) is 1. The van der Waals surface area contributed by atoms with Crippen LogP contribution in [0.4, 0.5) is 0 Å². The largest absolute Gasteiger partial charge is 0.309 e. The van der Waals surface area contributed by atoms with Crippen LogP contribution >= 0.6 is 0 Å². The topological polar surface area (TPSA) is 4.93 Å². The predicted octanol–water partition coefficient (Wildman–Crippen LogP) is 9.19. The van der Waals surface area contributed by atoms with Gasteiger partial charge in [0.1, 0.15) is 0 Å². The third-order valence-electron chi connectivity index (χ3n) is 13.6. The molecule has 0 radical (unpaired) electrons. The first-order valence-electron chi connectivity index (χ1n) is 21.9. The van der Waals surface area contributed by atoms with Crippen molar-refractivity contribution in [3.05, 3.63) is 261 Å². The van der Waals surface area contributed by atoms with E-state index in [4.69, 9.17) is 0 Å². The highest BCUT2D eigenvalue weighted by Crippen LogP contribution is 2.34. The Morgan fingerprint density at radius 2 is 0.810 bits per heavy atom. The Morgan fingerprint density at radius 1 is 0.302 bits per heavy atom. The zero-order valence-electron chi connectivity index (χ0n) is 34.8. The molecule has 12 rings (SSSR count). The van der Waals surface area contributed by atoms with Crippen molar-refractivity contribution in [2.75, 3.05) is 0 Å². The molecular formula is C60H43NSi2. The average Bonchev–Trinajstić information content (AvgIpc) is 3.86. The molecule has 0 unspecified atom stereocenters. The molecule has 1 nitrogen and oxygen atoms in total. The zero-order valence-corrected chi connectivity index (χ0v) is 36.8. The standard InChI is InChI=1S/C60H43NSi2/c1-6-22-46(23-7-1)61-57-35-18-16-33-53(57)55-43-52(38-39-58(55)61)62(47-24-8-2-9-25-47,48-26-10-3-11-27-48)51-32-20-21-44(41-51)45-37-40-60-56(42-45)54-34-17-19-36-59(54)63(60,49-28-12-4-13-29-49)50-30-14-5-15-31-50/h1-43H. The fourth-order valence-corrected chi connectivity index (χ4v) is 21.0. The van der Waals surface area contributed by atoms with Crippen LogP contribution in [0.5, 0.6) is 0 Å². The second kappa shape index (κ2) is 15.1. The van der Waals surface area contributed by atoms with E-state index in [1.807, 2.05) is 0 Å². The maximum atomic E-state index is 2.53. The van der Waals surface area contributed by atoms with Crippen LogP contribution in [0.2, 0.25) is 0 Å². The highest BCUT2D eigenvalue weighted by atomic mass is 28.3. The minimum atomic E-state index is -2.93. The van der Waals surface area contributed by atoms with E-state index < -0.39 is 16.1 Å². The summed E-state index contributed by atoms with van der Waals surface area (Å²) in [4.78, 5) is 0. The van der Waals surface area contributed by atoms with Gasteiger partial charge in [0, 0.05) is 16.5 Å². The van der Waals surface area contributed by atoms with E-state index >= 15 is 0 Å². The molecule has 0 fully saturated rings. The van der Waals surface area contributed by atoms with E-state index in [0.29, 0.717) is 0 Å². The molecule has 0 N–H and O–H groups in total. The number of hydrogen-bond donors (Lipinski definition) is 0. The van der Waals surface area contributed by atoms with Gasteiger partial charge in [-0.2, -0.15) is 0 Å². The Morgan fingerprint density at radius 3 is 1.49 bits per heavy atom. The van der Waals surface area contributed by atoms with Crippen LogP contribution in [-0.2, 0) is 0 Å². The second-order valence-corrected chi connectivity index (χ2v) is 24.3. The highest BCUT2D eigenvalue weighted by Gasteiger charge is 2.48. The summed E-state index contributed by atoms with van der Waals surface area (Å²) in [5, 5.41) is 13.8. The SMILES string of the molecule is c1ccc(-n2c3ccccc3c3cc([Si](c4ccccc4)(c4ccccc4)c4cccc(-c5ccc6c(c5)-c5ccccc5[Si]6(c5ccccc5)c5ccccc5)c4)ccc32)cc1. The molecule has 0 amide bonds. The monoisotopic (exact) mass is 833 g/mol. The highest BCUT2D eigenvalue weighted by molar-refractivity contribution is 7.22. The quantitative estimate of drug-likeness (QED) is 0.106. The summed E-state index contributed by atoms with van der Waals surface area (Å²) >= 11 is 0. The number of hydrogen-bond acceptors (Lipinski definition) is 0. The first-order valence-corrected chi connectivity index (χ1v) is 25.9. The van der Waals surface area contributed by atoms with E-state index in [9.17, 15) is 0 Å². The van der Waals surface area contributed by atoms with E-state index in [2.05, 4.69) is 265 Å². The third kappa shape index (κ3) is 5.67. The minimum absolute atomic E-state index is 1.17. The predicted molar refractivity (Wildman–Crippen MR) is 272 cm³/mol. The summed E-state index contributed by atoms with van der Waals surface area (Å²) in [6.07, 6.45) is 0. The van der Waals surface area contributed by atoms with E-state index in [-0.39, 0.29) is 0 Å². The van der Waals surface area contributed by atoms with Crippen LogP contribution in [-0.4, -0.2) is 20.7 Å². The molecule has 2 heterocycles. The van der Waals surface area contributed by atoms with Crippen LogP contribution in [0.15, 0.2) is 261 Å². The Hall–Kier alpha value is -7.57. The van der Waals surface area contributed by atoms with Crippen LogP contribution in [0.25, 0.3) is 49.7 Å². The van der Waals surface area contributed by atoms with Crippen LogP contribution in [0.3, 0.4) is 0 Å². The fraction of sp³-hybridized carbons (Fsp3) is 0. The molecule has 0 saturated carbocycles. The maximum Gasteiger partial charge on any atom is 0.180 e. The third-order valence-corrected chi connectivity index (χ3v) is 23.3. The summed E-state index contributed by atoms with van der Waals surface area (Å²) in [6, 6.07) is 98.3. The Bertz CT molecular complexity index is 3360. The lowest BCUT2D eigenvalue weighted by molar-refractivity contribution is 1.18. The Kier molecular flexibility index (Phi) is 8.92. The molecule has 0 atom stereocenters. The molecule has 10 aromatic carbocycles. The lowest BCUT2D eigenvalue weighted by Crippen LogP contribution is -2.74. The van der Waals surface area contributed by atoms with E-state index in [1.54, 1.807) is 0 Å². The normalized spacial score (nSPS) is 12.9. The van der Waals surface area contributed by atoms with Gasteiger partial charge in [-0.15, -0.1) is 0 Å². The van der Waals surface area contributed by atoms with Crippen molar-refractivity contribution >= 4 is 79.4 Å². The van der Waals surface area contributed by atoms with Crippen LogP contribution in [0, 0.1) is 0 Å². The molecule has 11 aromatic rings. The van der Waals surface area contributed by atoms with Crippen molar-refractivity contribution in [3.8, 4) is 27.9 Å². The van der Waals surface area contributed by atoms with Crippen molar-refractivity contribution in [1.29, 1.82) is 0 Å². The van der Waals surface area contributed by atoms with Gasteiger partial charge < -0.3 is 4.57 Å². The van der Waals surface area contributed by atoms with Crippen LogP contribution < -0.4 is 41.5 Å². The van der Waals surface area contributed by atoms with Gasteiger partial charge in [-0.1, -0.05) is 231 Å². The van der Waals surface area contributed by atoms with Crippen molar-refractivity contribution in [1.82, 2.24) is 4.57 Å². The first kappa shape index (κ1) is 37.2. The van der Waals surface area contributed by atoms with Gasteiger partial charge in [-0.05, 0) is 94.1 Å². The second-order valence-electron chi connectivity index (χ2n) is 16.8. The molecule has 0 bridgehead atoms. The summed E-state index contributed by atoms with van der Waals surface area (Å²) in [5.74, 6) is 0. The van der Waals surface area contributed by atoms with Gasteiger partial charge in [-0.25, -0.2) is 0 Å². The number of para-hydroxylation sites is 2. The molecule has 296 valence electrons. The van der Waals surface area contributed by atoms with Gasteiger partial charge in [-0.3, -0.25) is 0 Å². The summed E-state index contributed by atoms with van der Waals surface area (Å²) in [6.45, 7) is 0. The number of rotatable bonds is 8. The Labute approximate surface area is 370 Å². The lowest BCUT2D eigenvalue weighted by Gasteiger charge is -2.35. The molecule has 63 heavy (non-hydrogen) atoms. The Balaban J connectivity index is 1.09. The molecule has 0 saturated heterocycles. The van der Waals surface area contributed by atoms with E-state index in [0.717, 1.165) is 0 Å². The van der Waals surface area contributed by atoms with Crippen molar-refractivity contribution in [3.63, 3.8) is 0 Å². The molecule has 1 aliphatic rings. The fourth-order valence-electron chi connectivity index (χ4n) is 11.0. The van der Waals surface area contributed by atoms with Crippen LogP contribution in [0.1, 0.15) is 0 Å². The summed E-state index contributed by atoms with van der Waals surface area (Å²) in [5.41, 5.74) is 8.77. The van der Waals surface area contributed by atoms with Gasteiger partial charge in [0.2, 0.25) is 0 Å². The molecule has 3 heteroatoms. The molecule has 0 aliphatic carbocycles. The number of fused-ring (bicyclic) bond motifs is 6. The molecule has 1 aliphatic heterocycles. The zero-order chi connectivity index (χ0) is 41.8. The number of aromatic nitrogens is 1. The molecule has 1 aromatic heterocycles. The molecule has 0 spiro atoms. The first-order chi connectivity index (χ1) is 31.3. The van der Waals surface area contributed by atoms with Crippen molar-refractivity contribution in [2.24, 2.45) is 0 Å². The van der Waals surface area contributed by atoms with Crippen molar-refractivity contribution in [2.45, 2.75) is 0 Å². The van der Waals surface area contributed by atoms with E-state index in [1.165, 1.54) is 91.2 Å². The smallest absolute Gasteiger partial charge is 0.180 e. The average molecular weight is 834 g/mol. The van der Waals surface area contributed by atoms with Gasteiger partial charge in [0.15, 0.2) is 16.1 Å². The minimum Gasteiger partial charge on any atom is -0.309 e. The van der Waals surface area contributed by atoms with Gasteiger partial charge >= 0.3 is 0 Å². The number of benzene rings is 10.